The summed E-state index contributed by atoms with van der Waals surface area (Å²) in [6.07, 6.45) is 0. The topological polar surface area (TPSA) is 80.3 Å². The maximum absolute atomic E-state index is 8.52. The Morgan fingerprint density at radius 2 is 1.14 bits per heavy atom. The van der Waals surface area contributed by atoms with Gasteiger partial charge in [0.05, 0.1) is 0 Å². The normalized spacial score (nSPS) is 8.29. The van der Waals surface area contributed by atoms with Crippen LogP contribution < -0.4 is 0 Å². The summed E-state index contributed by atoms with van der Waals surface area (Å²) < 4.78 is 34.1. The Morgan fingerprint density at radius 3 is 1.14 bits per heavy atom. The van der Waals surface area contributed by atoms with Crippen LogP contribution in [0.4, 0.5) is 0 Å². The fourth-order valence-corrected chi connectivity index (χ4v) is 0. The van der Waals surface area contributed by atoms with E-state index in [1.165, 1.54) is 0 Å². The molecule has 0 atom stereocenters. The van der Waals surface area contributed by atoms with Gasteiger partial charge in [-0.2, -0.15) is 0 Å². The zero-order chi connectivity index (χ0) is 4.50. The first-order chi connectivity index (χ1) is 2.00. The standard InChI is InChI=1S/Ca.H2O4S.Zn.2H/c;1-5(2,3)4;;;/h;(H2,1,2,3,4);;;/q;;+2;;/p-2. The van der Waals surface area contributed by atoms with Gasteiger partial charge in [-0.3, -0.25) is 8.42 Å². The van der Waals surface area contributed by atoms with Crippen LogP contribution in [0.15, 0.2) is 0 Å². The van der Waals surface area contributed by atoms with Gasteiger partial charge in [0.1, 0.15) is 0 Å². The van der Waals surface area contributed by atoms with E-state index in [9.17, 15) is 0 Å². The molecule has 0 saturated heterocycles. The molecule has 0 saturated carbocycles. The summed E-state index contributed by atoms with van der Waals surface area (Å²) in [4.78, 5) is 0. The minimum Gasteiger partial charge on any atom is 2.00 e. The number of rotatable bonds is 0. The molecule has 0 aromatic heterocycles. The smallest absolute Gasteiger partial charge is 2.00 e. The van der Waals surface area contributed by atoms with Crippen molar-refractivity contribution in [3.8, 4) is 0 Å². The molecule has 0 fully saturated rings. The fourth-order valence-electron chi connectivity index (χ4n) is 0. The average Bonchev–Trinajstić information content (AvgIpc) is 0.722. The molecule has 0 N–H and O–H groups in total. The van der Waals surface area contributed by atoms with Crippen molar-refractivity contribution in [1.82, 2.24) is 0 Å². The van der Waals surface area contributed by atoms with Crippen LogP contribution in [0.25, 0.3) is 0 Å². The Bertz CT molecular complexity index is 94.9. The molecule has 0 unspecified atom stereocenters. The van der Waals surface area contributed by atoms with Crippen LogP contribution in [-0.2, 0) is 29.9 Å². The molecule has 0 amide bonds. The van der Waals surface area contributed by atoms with Gasteiger partial charge in [0, 0.05) is 10.4 Å². The van der Waals surface area contributed by atoms with E-state index in [2.05, 4.69) is 0 Å². The maximum atomic E-state index is 8.52. The third-order valence-corrected chi connectivity index (χ3v) is 0. The first-order valence-corrected chi connectivity index (χ1v) is 2.00. The van der Waals surface area contributed by atoms with Crippen LogP contribution in [0.1, 0.15) is 0 Å². The van der Waals surface area contributed by atoms with E-state index in [1.807, 2.05) is 0 Å². The second-order valence-electron chi connectivity index (χ2n) is 0.408. The van der Waals surface area contributed by atoms with Crippen molar-refractivity contribution in [3.63, 3.8) is 0 Å². The Balaban J connectivity index is -0.0000000800. The fraction of sp³-hybridized carbons (Fsp3) is 0. The van der Waals surface area contributed by atoms with Gasteiger partial charge in [0.15, 0.2) is 0 Å². The summed E-state index contributed by atoms with van der Waals surface area (Å²) in [7, 11) is -5.17. The molecule has 7 heteroatoms. The van der Waals surface area contributed by atoms with Crippen molar-refractivity contribution in [2.45, 2.75) is 0 Å². The van der Waals surface area contributed by atoms with Crippen LogP contribution in [0.5, 0.6) is 0 Å². The number of hydrogen-bond acceptors (Lipinski definition) is 4. The second-order valence-corrected chi connectivity index (χ2v) is 1.22. The molecule has 0 aliphatic heterocycles. The van der Waals surface area contributed by atoms with Gasteiger partial charge < -0.3 is 9.11 Å². The molecule has 36 valence electrons. The molecule has 0 spiro atoms. The minimum atomic E-state index is -5.17. The van der Waals surface area contributed by atoms with E-state index in [0.717, 1.165) is 0 Å². The molecular weight excluding hydrogens is 202 g/mol. The third kappa shape index (κ3) is 83.5. The van der Waals surface area contributed by atoms with Crippen LogP contribution >= 0.6 is 0 Å². The summed E-state index contributed by atoms with van der Waals surface area (Å²) in [5.74, 6) is 0. The van der Waals surface area contributed by atoms with E-state index in [-0.39, 0.29) is 57.2 Å². The molecule has 0 aromatic carbocycles. The van der Waals surface area contributed by atoms with Crippen molar-refractivity contribution in [2.75, 3.05) is 0 Å². The predicted molar refractivity (Wildman–Crippen MR) is 19.0 cm³/mol. The Kier molecular flexibility index (Phi) is 13.4. The molecule has 0 bridgehead atoms. The van der Waals surface area contributed by atoms with Crippen LogP contribution in [0.3, 0.4) is 0 Å². The van der Waals surface area contributed by atoms with Crippen molar-refractivity contribution < 1.29 is 37.0 Å². The third-order valence-electron chi connectivity index (χ3n) is 0. The van der Waals surface area contributed by atoms with Crippen molar-refractivity contribution in [2.24, 2.45) is 0 Å². The Labute approximate surface area is 84.0 Å². The van der Waals surface area contributed by atoms with E-state index >= 15 is 0 Å². The van der Waals surface area contributed by atoms with Gasteiger partial charge in [0.25, 0.3) is 0 Å². The van der Waals surface area contributed by atoms with Gasteiger partial charge in [-0.05, 0) is 0 Å². The molecule has 0 heterocycles. The first-order valence-electron chi connectivity index (χ1n) is 0.667. The molecule has 0 aromatic rings. The zero-order valence-corrected chi connectivity index (χ0v) is 6.53. The van der Waals surface area contributed by atoms with Crippen molar-refractivity contribution in [1.29, 1.82) is 0 Å². The summed E-state index contributed by atoms with van der Waals surface area (Å²) in [6, 6.07) is 0. The van der Waals surface area contributed by atoms with Crippen LogP contribution in [-0.4, -0.2) is 55.3 Å². The molecule has 4 nitrogen and oxygen atoms in total. The Morgan fingerprint density at radius 1 is 1.14 bits per heavy atom. The largest absolute Gasteiger partial charge is 2.00 e. The minimum absolute atomic E-state index is 0. The van der Waals surface area contributed by atoms with Crippen molar-refractivity contribution in [3.05, 3.63) is 0 Å². The van der Waals surface area contributed by atoms with Crippen molar-refractivity contribution >= 4 is 48.1 Å². The SMILES string of the molecule is O=S(=O)([O-])[O-].[CaH2].[Zn+2]. The van der Waals surface area contributed by atoms with Gasteiger partial charge in [-0.1, -0.05) is 0 Å². The van der Waals surface area contributed by atoms with E-state index in [1.54, 1.807) is 0 Å². The summed E-state index contributed by atoms with van der Waals surface area (Å²) in [5.41, 5.74) is 0. The second kappa shape index (κ2) is 5.88. The molecule has 7 heavy (non-hydrogen) atoms. The molecule has 0 aliphatic carbocycles. The van der Waals surface area contributed by atoms with Gasteiger partial charge in [-0.25, -0.2) is 0 Å². The monoisotopic (exact) mass is 202 g/mol. The average molecular weight is 204 g/mol. The summed E-state index contributed by atoms with van der Waals surface area (Å²) in [6.45, 7) is 0. The van der Waals surface area contributed by atoms with Crippen LogP contribution in [0, 0.1) is 0 Å². The van der Waals surface area contributed by atoms with Gasteiger partial charge >= 0.3 is 57.2 Å². The van der Waals surface area contributed by atoms with Gasteiger partial charge in [-0.15, -0.1) is 0 Å². The van der Waals surface area contributed by atoms with Gasteiger partial charge in [0.2, 0.25) is 0 Å². The van der Waals surface area contributed by atoms with E-state index < -0.39 is 10.4 Å². The zero-order valence-electron chi connectivity index (χ0n) is 2.75. The van der Waals surface area contributed by atoms with E-state index in [4.69, 9.17) is 17.5 Å². The quantitative estimate of drug-likeness (QED) is 0.253. The summed E-state index contributed by atoms with van der Waals surface area (Å²) in [5, 5.41) is 0. The molecule has 0 rings (SSSR count). The van der Waals surface area contributed by atoms with E-state index in [0.29, 0.717) is 0 Å². The van der Waals surface area contributed by atoms with Crippen LogP contribution in [0.2, 0.25) is 0 Å². The summed E-state index contributed by atoms with van der Waals surface area (Å²) >= 11 is 0. The molecular formula is H2CaO4SZn. The number of hydrogen-bond donors (Lipinski definition) is 0. The molecule has 0 radical (unpaired) electrons. The first kappa shape index (κ1) is 15.9. The Hall–Kier alpha value is 1.75. The predicted octanol–water partition coefficient (Wildman–Crippen LogP) is -2.26. The maximum Gasteiger partial charge on any atom is 2.00 e. The molecule has 0 aliphatic rings.